The van der Waals surface area contributed by atoms with Gasteiger partial charge in [0.2, 0.25) is 0 Å². The van der Waals surface area contributed by atoms with E-state index in [0.29, 0.717) is 6.10 Å². The summed E-state index contributed by atoms with van der Waals surface area (Å²) >= 11 is 0. The molecule has 0 bridgehead atoms. The van der Waals surface area contributed by atoms with Crippen LogP contribution in [-0.2, 0) is 4.74 Å². The minimum atomic E-state index is -0.184. The van der Waals surface area contributed by atoms with E-state index in [0.717, 1.165) is 39.1 Å². The number of hydrogen-bond donors (Lipinski definition) is 2. The van der Waals surface area contributed by atoms with Gasteiger partial charge in [0.15, 0.2) is 0 Å². The highest BCUT2D eigenvalue weighted by molar-refractivity contribution is 5.82. The van der Waals surface area contributed by atoms with Crippen LogP contribution >= 0.6 is 0 Å². The molecule has 0 amide bonds. The van der Waals surface area contributed by atoms with Gasteiger partial charge in [-0.1, -0.05) is 13.8 Å². The maximum Gasteiger partial charge on any atom is 0.0963 e. The number of nitrogens with one attached hydrogen (secondary N) is 1. The summed E-state index contributed by atoms with van der Waals surface area (Å²) in [5, 5.41) is 7.53. The van der Waals surface area contributed by atoms with Crippen molar-refractivity contribution in [3.8, 4) is 0 Å². The fourth-order valence-corrected chi connectivity index (χ4v) is 1.86. The molecule has 94 valence electrons. The first kappa shape index (κ1) is 13.5. The Kier molecular flexibility index (Phi) is 4.74. The zero-order valence-electron chi connectivity index (χ0n) is 10.8. The van der Waals surface area contributed by atoms with Gasteiger partial charge in [0.25, 0.3) is 0 Å². The molecule has 0 aromatic heterocycles. The van der Waals surface area contributed by atoms with Crippen molar-refractivity contribution >= 4 is 5.84 Å². The molecule has 0 spiro atoms. The lowest BCUT2D eigenvalue weighted by atomic mass is 9.88. The SMILES string of the molecule is CC1CN(CCC(C)(C)C(=N)N)CCCO1. The third kappa shape index (κ3) is 4.10. The molecule has 0 aromatic carbocycles. The normalized spacial score (nSPS) is 24.1. The van der Waals surface area contributed by atoms with Gasteiger partial charge in [0, 0.05) is 25.1 Å². The summed E-state index contributed by atoms with van der Waals surface area (Å²) < 4.78 is 5.60. The van der Waals surface area contributed by atoms with Gasteiger partial charge >= 0.3 is 0 Å². The summed E-state index contributed by atoms with van der Waals surface area (Å²) in [6.45, 7) is 10.1. The van der Waals surface area contributed by atoms with Crippen LogP contribution in [0.2, 0.25) is 0 Å². The van der Waals surface area contributed by atoms with Gasteiger partial charge in [0.1, 0.15) is 0 Å². The fraction of sp³-hybridized carbons (Fsp3) is 0.917. The molecular weight excluding hydrogens is 202 g/mol. The Hall–Kier alpha value is -0.610. The number of hydrogen-bond acceptors (Lipinski definition) is 3. The number of nitrogens with two attached hydrogens (primary N) is 1. The first-order valence-electron chi connectivity index (χ1n) is 6.10. The monoisotopic (exact) mass is 227 g/mol. The van der Waals surface area contributed by atoms with Gasteiger partial charge in [-0.15, -0.1) is 0 Å². The Morgan fingerprint density at radius 1 is 1.56 bits per heavy atom. The quantitative estimate of drug-likeness (QED) is 0.564. The maximum absolute atomic E-state index is 7.53. The van der Waals surface area contributed by atoms with Crippen molar-refractivity contribution < 1.29 is 4.74 Å². The predicted molar refractivity (Wildman–Crippen MR) is 66.8 cm³/mol. The summed E-state index contributed by atoms with van der Waals surface area (Å²) in [6, 6.07) is 0. The van der Waals surface area contributed by atoms with E-state index >= 15 is 0 Å². The second kappa shape index (κ2) is 5.64. The summed E-state index contributed by atoms with van der Waals surface area (Å²) in [5.74, 6) is 0.284. The highest BCUT2D eigenvalue weighted by Crippen LogP contribution is 2.20. The number of rotatable bonds is 4. The van der Waals surface area contributed by atoms with Crippen LogP contribution in [0.5, 0.6) is 0 Å². The third-order valence-corrected chi connectivity index (χ3v) is 3.32. The van der Waals surface area contributed by atoms with E-state index in [4.69, 9.17) is 15.9 Å². The van der Waals surface area contributed by atoms with Crippen LogP contribution < -0.4 is 5.73 Å². The van der Waals surface area contributed by atoms with Gasteiger partial charge in [-0.05, 0) is 26.3 Å². The summed E-state index contributed by atoms with van der Waals surface area (Å²) in [4.78, 5) is 2.42. The molecule has 0 radical (unpaired) electrons. The lowest BCUT2D eigenvalue weighted by molar-refractivity contribution is 0.0668. The fourth-order valence-electron chi connectivity index (χ4n) is 1.86. The first-order valence-corrected chi connectivity index (χ1v) is 6.10. The molecule has 1 atom stereocenters. The molecule has 16 heavy (non-hydrogen) atoms. The van der Waals surface area contributed by atoms with E-state index in [-0.39, 0.29) is 11.3 Å². The number of amidine groups is 1. The topological polar surface area (TPSA) is 62.3 Å². The lowest BCUT2D eigenvalue weighted by Crippen LogP contribution is -2.37. The minimum Gasteiger partial charge on any atom is -0.387 e. The average Bonchev–Trinajstić information content (AvgIpc) is 2.39. The van der Waals surface area contributed by atoms with Crippen molar-refractivity contribution in [2.24, 2.45) is 11.1 Å². The van der Waals surface area contributed by atoms with Crippen molar-refractivity contribution in [1.82, 2.24) is 4.90 Å². The summed E-state index contributed by atoms with van der Waals surface area (Å²) in [6.07, 6.45) is 2.36. The van der Waals surface area contributed by atoms with Crippen molar-refractivity contribution in [2.45, 2.75) is 39.7 Å². The van der Waals surface area contributed by atoms with Gasteiger partial charge in [-0.2, -0.15) is 0 Å². The Labute approximate surface area is 98.6 Å². The Morgan fingerprint density at radius 3 is 2.88 bits per heavy atom. The molecule has 1 rings (SSSR count). The van der Waals surface area contributed by atoms with Crippen molar-refractivity contribution in [2.75, 3.05) is 26.2 Å². The van der Waals surface area contributed by atoms with Crippen LogP contribution in [0.1, 0.15) is 33.6 Å². The molecule has 1 heterocycles. The molecule has 0 saturated carbocycles. The zero-order valence-corrected chi connectivity index (χ0v) is 10.8. The average molecular weight is 227 g/mol. The molecule has 0 aromatic rings. The Balaban J connectivity index is 2.39. The molecule has 4 heteroatoms. The van der Waals surface area contributed by atoms with Crippen molar-refractivity contribution in [3.05, 3.63) is 0 Å². The molecule has 4 nitrogen and oxygen atoms in total. The highest BCUT2D eigenvalue weighted by atomic mass is 16.5. The van der Waals surface area contributed by atoms with E-state index < -0.39 is 0 Å². The lowest BCUT2D eigenvalue weighted by Gasteiger charge is -2.28. The molecule has 0 aliphatic carbocycles. The smallest absolute Gasteiger partial charge is 0.0963 e. The third-order valence-electron chi connectivity index (χ3n) is 3.32. The zero-order chi connectivity index (χ0) is 12.2. The summed E-state index contributed by atoms with van der Waals surface area (Å²) in [7, 11) is 0. The Morgan fingerprint density at radius 2 is 2.25 bits per heavy atom. The minimum absolute atomic E-state index is 0.184. The van der Waals surface area contributed by atoms with Gasteiger partial charge in [0.05, 0.1) is 11.9 Å². The molecule has 1 fully saturated rings. The van der Waals surface area contributed by atoms with E-state index in [9.17, 15) is 0 Å². The van der Waals surface area contributed by atoms with Crippen LogP contribution in [0, 0.1) is 10.8 Å². The van der Waals surface area contributed by atoms with Gasteiger partial charge in [-0.3, -0.25) is 5.41 Å². The van der Waals surface area contributed by atoms with Crippen LogP contribution in [0.25, 0.3) is 0 Å². The molecule has 3 N–H and O–H groups in total. The van der Waals surface area contributed by atoms with Crippen molar-refractivity contribution in [3.63, 3.8) is 0 Å². The van der Waals surface area contributed by atoms with Crippen LogP contribution in [0.4, 0.5) is 0 Å². The maximum atomic E-state index is 7.53. The predicted octanol–water partition coefficient (Wildman–Crippen LogP) is 1.45. The van der Waals surface area contributed by atoms with E-state index in [1.807, 2.05) is 13.8 Å². The largest absolute Gasteiger partial charge is 0.387 e. The van der Waals surface area contributed by atoms with Crippen LogP contribution in [-0.4, -0.2) is 43.1 Å². The second-order valence-corrected chi connectivity index (χ2v) is 5.38. The molecule has 1 unspecified atom stereocenters. The number of ether oxygens (including phenoxy) is 1. The van der Waals surface area contributed by atoms with Gasteiger partial charge in [-0.25, -0.2) is 0 Å². The second-order valence-electron chi connectivity index (χ2n) is 5.38. The molecular formula is C12H25N3O. The highest BCUT2D eigenvalue weighted by Gasteiger charge is 2.23. The molecule has 1 aliphatic heterocycles. The van der Waals surface area contributed by atoms with Gasteiger partial charge < -0.3 is 15.4 Å². The van der Waals surface area contributed by atoms with Crippen LogP contribution in [0.15, 0.2) is 0 Å². The molecule has 1 saturated heterocycles. The van der Waals surface area contributed by atoms with E-state index in [1.165, 1.54) is 0 Å². The standard InChI is InChI=1S/C12H25N3O/c1-10-9-15(6-4-8-16-10)7-5-12(2,3)11(13)14/h10H,4-9H2,1-3H3,(H3,13,14). The summed E-state index contributed by atoms with van der Waals surface area (Å²) in [5.41, 5.74) is 5.40. The first-order chi connectivity index (χ1) is 7.42. The molecule has 1 aliphatic rings. The Bertz CT molecular complexity index is 240. The number of nitrogens with zero attached hydrogens (tertiary/aromatic N) is 1. The van der Waals surface area contributed by atoms with Crippen LogP contribution in [0.3, 0.4) is 0 Å². The van der Waals surface area contributed by atoms with Crippen molar-refractivity contribution in [1.29, 1.82) is 5.41 Å². The van der Waals surface area contributed by atoms with E-state index in [1.54, 1.807) is 0 Å². The van der Waals surface area contributed by atoms with E-state index in [2.05, 4.69) is 11.8 Å².